The number of nitrogens with zero attached hydrogens (tertiary/aromatic N) is 1. The smallest absolute Gasteiger partial charge is 0.259 e. The minimum Gasteiger partial charge on any atom is -0.618 e. The highest BCUT2D eigenvalue weighted by atomic mass is 79.9. The standard InChI is InChI=1S/C5H3Br2NO/c6-4-1-2-5(7)8(9)3-4/h1-3H. The van der Waals surface area contributed by atoms with Crippen LogP contribution in [-0.4, -0.2) is 0 Å². The van der Waals surface area contributed by atoms with Gasteiger partial charge < -0.3 is 5.21 Å². The lowest BCUT2D eigenvalue weighted by Gasteiger charge is -1.96. The summed E-state index contributed by atoms with van der Waals surface area (Å²) in [5, 5.41) is 10.7. The lowest BCUT2D eigenvalue weighted by molar-refractivity contribution is -0.617. The number of aromatic nitrogens is 1. The van der Waals surface area contributed by atoms with Gasteiger partial charge in [0.1, 0.15) is 0 Å². The van der Waals surface area contributed by atoms with E-state index < -0.39 is 0 Å². The molecule has 0 unspecified atom stereocenters. The van der Waals surface area contributed by atoms with Crippen molar-refractivity contribution in [2.45, 2.75) is 0 Å². The van der Waals surface area contributed by atoms with Crippen molar-refractivity contribution in [3.8, 4) is 0 Å². The van der Waals surface area contributed by atoms with Crippen molar-refractivity contribution in [1.29, 1.82) is 0 Å². The molecular formula is C5H3Br2NO. The Hall–Kier alpha value is -0.0900. The van der Waals surface area contributed by atoms with E-state index in [1.165, 1.54) is 6.20 Å². The van der Waals surface area contributed by atoms with Crippen molar-refractivity contribution < 1.29 is 4.73 Å². The van der Waals surface area contributed by atoms with Gasteiger partial charge in [0.05, 0.1) is 4.47 Å². The van der Waals surface area contributed by atoms with Crippen molar-refractivity contribution in [3.63, 3.8) is 0 Å². The third-order valence-electron chi connectivity index (χ3n) is 0.831. The average molecular weight is 253 g/mol. The second-order valence-electron chi connectivity index (χ2n) is 1.50. The van der Waals surface area contributed by atoms with Crippen molar-refractivity contribution in [2.24, 2.45) is 0 Å². The molecular weight excluding hydrogens is 250 g/mol. The molecule has 9 heavy (non-hydrogen) atoms. The normalized spacial score (nSPS) is 9.56. The largest absolute Gasteiger partial charge is 0.618 e. The van der Waals surface area contributed by atoms with Crippen LogP contribution in [0.5, 0.6) is 0 Å². The maximum absolute atomic E-state index is 10.7. The number of hydrogen-bond acceptors (Lipinski definition) is 1. The minimum absolute atomic E-state index is 0.519. The van der Waals surface area contributed by atoms with Gasteiger partial charge in [0.2, 0.25) is 0 Å². The molecule has 0 bridgehead atoms. The zero-order chi connectivity index (χ0) is 6.85. The van der Waals surface area contributed by atoms with E-state index in [4.69, 9.17) is 0 Å². The van der Waals surface area contributed by atoms with E-state index in [-0.39, 0.29) is 0 Å². The Bertz CT molecular complexity index is 226. The zero-order valence-electron chi connectivity index (χ0n) is 4.34. The van der Waals surface area contributed by atoms with Gasteiger partial charge in [0, 0.05) is 22.0 Å². The minimum atomic E-state index is 0.519. The Morgan fingerprint density at radius 2 is 2.00 bits per heavy atom. The second-order valence-corrected chi connectivity index (χ2v) is 3.22. The van der Waals surface area contributed by atoms with E-state index in [0.29, 0.717) is 4.60 Å². The molecule has 1 rings (SSSR count). The van der Waals surface area contributed by atoms with Gasteiger partial charge in [0.15, 0.2) is 6.20 Å². The highest BCUT2D eigenvalue weighted by molar-refractivity contribution is 9.10. The molecule has 0 amide bonds. The first-order valence-electron chi connectivity index (χ1n) is 2.24. The number of rotatable bonds is 0. The first kappa shape index (κ1) is 7.02. The van der Waals surface area contributed by atoms with Gasteiger partial charge in [-0.25, -0.2) is 0 Å². The van der Waals surface area contributed by atoms with E-state index in [0.717, 1.165) is 9.20 Å². The monoisotopic (exact) mass is 251 g/mol. The Morgan fingerprint density at radius 3 is 2.44 bits per heavy atom. The number of hydrogen-bond donors (Lipinski definition) is 0. The molecule has 0 spiro atoms. The molecule has 0 aromatic carbocycles. The topological polar surface area (TPSA) is 26.9 Å². The quantitative estimate of drug-likeness (QED) is 0.393. The zero-order valence-corrected chi connectivity index (χ0v) is 7.52. The van der Waals surface area contributed by atoms with Crippen LogP contribution in [0, 0.1) is 5.21 Å². The molecule has 4 heteroatoms. The molecule has 0 saturated heterocycles. The molecule has 2 nitrogen and oxygen atoms in total. The van der Waals surface area contributed by atoms with E-state index in [1.54, 1.807) is 12.1 Å². The SMILES string of the molecule is [O-][n+]1cc(Br)ccc1Br. The van der Waals surface area contributed by atoms with Crippen LogP contribution < -0.4 is 4.73 Å². The van der Waals surface area contributed by atoms with Crippen molar-refractivity contribution in [2.75, 3.05) is 0 Å². The summed E-state index contributed by atoms with van der Waals surface area (Å²) in [4.78, 5) is 0. The predicted octanol–water partition coefficient (Wildman–Crippen LogP) is 1.85. The highest BCUT2D eigenvalue weighted by Gasteiger charge is 1.98. The van der Waals surface area contributed by atoms with Gasteiger partial charge in [-0.05, 0) is 22.0 Å². The van der Waals surface area contributed by atoms with Crippen LogP contribution in [0.3, 0.4) is 0 Å². The molecule has 1 heterocycles. The Balaban J connectivity index is 3.17. The van der Waals surface area contributed by atoms with E-state index in [2.05, 4.69) is 31.9 Å². The van der Waals surface area contributed by atoms with Crippen LogP contribution >= 0.6 is 31.9 Å². The van der Waals surface area contributed by atoms with Crippen LogP contribution in [0.15, 0.2) is 27.4 Å². The first-order valence-corrected chi connectivity index (χ1v) is 3.83. The predicted molar refractivity (Wildman–Crippen MR) is 40.8 cm³/mol. The fourth-order valence-electron chi connectivity index (χ4n) is 0.439. The van der Waals surface area contributed by atoms with Gasteiger partial charge in [-0.1, -0.05) is 0 Å². The van der Waals surface area contributed by atoms with Crippen LogP contribution in [0.1, 0.15) is 0 Å². The van der Waals surface area contributed by atoms with Gasteiger partial charge in [-0.3, -0.25) is 0 Å². The summed E-state index contributed by atoms with van der Waals surface area (Å²) in [5.41, 5.74) is 0. The van der Waals surface area contributed by atoms with Crippen molar-refractivity contribution in [1.82, 2.24) is 0 Å². The lowest BCUT2D eigenvalue weighted by atomic mass is 10.5. The summed E-state index contributed by atoms with van der Waals surface area (Å²) in [6.07, 6.45) is 1.43. The van der Waals surface area contributed by atoms with Crippen molar-refractivity contribution in [3.05, 3.63) is 32.6 Å². The van der Waals surface area contributed by atoms with E-state index in [1.807, 2.05) is 0 Å². The Kier molecular flexibility index (Phi) is 2.08. The fourth-order valence-corrected chi connectivity index (χ4v) is 0.991. The first-order chi connectivity index (χ1) is 4.20. The molecule has 0 N–H and O–H groups in total. The highest BCUT2D eigenvalue weighted by Crippen LogP contribution is 2.08. The Morgan fingerprint density at radius 1 is 1.33 bits per heavy atom. The molecule has 0 atom stereocenters. The van der Waals surface area contributed by atoms with E-state index >= 15 is 0 Å². The lowest BCUT2D eigenvalue weighted by Crippen LogP contribution is -2.26. The second kappa shape index (κ2) is 2.66. The van der Waals surface area contributed by atoms with Crippen LogP contribution in [0.25, 0.3) is 0 Å². The van der Waals surface area contributed by atoms with Gasteiger partial charge in [-0.15, -0.1) is 0 Å². The van der Waals surface area contributed by atoms with Crippen LogP contribution in [0.2, 0.25) is 0 Å². The molecule has 0 aliphatic carbocycles. The van der Waals surface area contributed by atoms with Crippen LogP contribution in [0.4, 0.5) is 0 Å². The molecule has 0 aliphatic rings. The summed E-state index contributed by atoms with van der Waals surface area (Å²) >= 11 is 6.21. The number of halogens is 2. The summed E-state index contributed by atoms with van der Waals surface area (Å²) in [5.74, 6) is 0. The summed E-state index contributed by atoms with van der Waals surface area (Å²) in [6.45, 7) is 0. The van der Waals surface area contributed by atoms with Gasteiger partial charge >= 0.3 is 0 Å². The van der Waals surface area contributed by atoms with Crippen LogP contribution in [-0.2, 0) is 0 Å². The Labute approximate surface area is 69.3 Å². The summed E-state index contributed by atoms with van der Waals surface area (Å²) < 4.78 is 2.04. The molecule has 0 radical (unpaired) electrons. The van der Waals surface area contributed by atoms with Gasteiger partial charge in [0.25, 0.3) is 4.60 Å². The summed E-state index contributed by atoms with van der Waals surface area (Å²) in [6, 6.07) is 3.47. The third-order valence-corrected chi connectivity index (χ3v) is 1.91. The van der Waals surface area contributed by atoms with Crippen molar-refractivity contribution >= 4 is 31.9 Å². The average Bonchev–Trinajstić information content (AvgIpc) is 1.80. The third kappa shape index (κ3) is 1.66. The molecule has 0 fully saturated rings. The van der Waals surface area contributed by atoms with E-state index in [9.17, 15) is 5.21 Å². The molecule has 0 saturated carbocycles. The maximum Gasteiger partial charge on any atom is 0.259 e. The number of pyridine rings is 1. The molecule has 0 aliphatic heterocycles. The molecule has 48 valence electrons. The fraction of sp³-hybridized carbons (Fsp3) is 0. The molecule has 1 aromatic rings. The molecule has 1 aromatic heterocycles. The summed E-state index contributed by atoms with van der Waals surface area (Å²) in [7, 11) is 0. The maximum atomic E-state index is 10.7. The van der Waals surface area contributed by atoms with Gasteiger partial charge in [-0.2, -0.15) is 4.73 Å².